The Kier molecular flexibility index (Phi) is 11.0. The van der Waals surface area contributed by atoms with Crippen molar-refractivity contribution in [2.75, 3.05) is 0 Å². The molecule has 0 bridgehead atoms. The monoisotopic (exact) mass is 535 g/mol. The number of hydrogen-bond acceptors (Lipinski definition) is 0. The third-order valence-electron chi connectivity index (χ3n) is 8.01. The van der Waals surface area contributed by atoms with Gasteiger partial charge in [0.15, 0.2) is 0 Å². The molecule has 0 nitrogen and oxygen atoms in total. The number of benzene rings is 1. The molecule has 0 N–H and O–H groups in total. The molecule has 0 aliphatic heterocycles. The van der Waals surface area contributed by atoms with Crippen LogP contribution in [0.4, 0.5) is 0 Å². The fourth-order valence-electron chi connectivity index (χ4n) is 8.02. The molecule has 0 atom stereocenters. The van der Waals surface area contributed by atoms with E-state index in [4.69, 9.17) is 0 Å². The van der Waals surface area contributed by atoms with Gasteiger partial charge >= 0.3 is 0 Å². The van der Waals surface area contributed by atoms with E-state index in [1.165, 1.54) is 33.4 Å². The molecule has 0 radical (unpaired) electrons. The highest BCUT2D eigenvalue weighted by Crippen LogP contribution is 2.46. The SMILES string of the molecule is CC(C)=CC(C)(C)CC(C)(C)c1cc(C(C)(C)CC(C)(C)C=C(C)C)cc(C(C)(C)CC(C)(C)C=C(C)C)c1. The second-order valence-electron chi connectivity index (χ2n) is 17.6. The standard InChI is InChI=1S/C39H66/c1-28(2)22-34(7,8)25-37(13,14)31-19-32(38(15,16)26-35(9,10)23-29(3)4)21-33(20-31)39(17,18)27-36(11,12)24-30(5)6/h19-24H,25-27H2,1-18H3. The minimum absolute atomic E-state index is 0.0528. The first-order chi connectivity index (χ1) is 17.2. The minimum atomic E-state index is 0.0528. The molecular formula is C39H66. The van der Waals surface area contributed by atoms with E-state index in [-0.39, 0.29) is 32.5 Å². The van der Waals surface area contributed by atoms with E-state index >= 15 is 0 Å². The van der Waals surface area contributed by atoms with Crippen LogP contribution in [0.1, 0.15) is 161 Å². The highest BCUT2D eigenvalue weighted by molar-refractivity contribution is 5.41. The summed E-state index contributed by atoms with van der Waals surface area (Å²) in [6.07, 6.45) is 10.7. The van der Waals surface area contributed by atoms with Gasteiger partial charge in [0.25, 0.3) is 0 Å². The highest BCUT2D eigenvalue weighted by atomic mass is 14.4. The van der Waals surface area contributed by atoms with Crippen molar-refractivity contribution in [3.05, 3.63) is 69.8 Å². The topological polar surface area (TPSA) is 0 Å². The van der Waals surface area contributed by atoms with Gasteiger partial charge in [0.1, 0.15) is 0 Å². The Bertz CT molecular complexity index is 911. The number of hydrogen-bond donors (Lipinski definition) is 0. The molecule has 0 spiro atoms. The van der Waals surface area contributed by atoms with Gasteiger partial charge in [-0.15, -0.1) is 0 Å². The Balaban J connectivity index is 3.83. The highest BCUT2D eigenvalue weighted by Gasteiger charge is 2.36. The van der Waals surface area contributed by atoms with Crippen LogP contribution in [0.3, 0.4) is 0 Å². The molecule has 0 heteroatoms. The summed E-state index contributed by atoms with van der Waals surface area (Å²) in [5, 5.41) is 0. The van der Waals surface area contributed by atoms with Gasteiger partial charge < -0.3 is 0 Å². The van der Waals surface area contributed by atoms with Crippen LogP contribution in [0.15, 0.2) is 53.1 Å². The predicted molar refractivity (Wildman–Crippen MR) is 179 cm³/mol. The van der Waals surface area contributed by atoms with E-state index in [0.29, 0.717) is 0 Å². The van der Waals surface area contributed by atoms with Crippen molar-refractivity contribution in [2.45, 2.75) is 160 Å². The Morgan fingerprint density at radius 1 is 0.410 bits per heavy atom. The molecule has 0 saturated heterocycles. The molecule has 0 heterocycles. The van der Waals surface area contributed by atoms with Crippen molar-refractivity contribution in [3.8, 4) is 0 Å². The van der Waals surface area contributed by atoms with Crippen LogP contribution >= 0.6 is 0 Å². The quantitative estimate of drug-likeness (QED) is 0.234. The second kappa shape index (κ2) is 12.1. The van der Waals surface area contributed by atoms with Gasteiger partial charge in [-0.05, 0) is 110 Å². The Hall–Kier alpha value is -1.56. The normalized spacial score (nSPS) is 13.7. The summed E-state index contributed by atoms with van der Waals surface area (Å²) in [5.74, 6) is 0. The summed E-state index contributed by atoms with van der Waals surface area (Å²) < 4.78 is 0. The van der Waals surface area contributed by atoms with Crippen molar-refractivity contribution in [2.24, 2.45) is 16.2 Å². The van der Waals surface area contributed by atoms with E-state index in [1.807, 2.05) is 0 Å². The molecular weight excluding hydrogens is 468 g/mol. The largest absolute Gasteiger partial charge is 0.0802 e. The van der Waals surface area contributed by atoms with Crippen LogP contribution in [0.5, 0.6) is 0 Å². The van der Waals surface area contributed by atoms with Crippen LogP contribution in [0.25, 0.3) is 0 Å². The fraction of sp³-hybridized carbons (Fsp3) is 0.692. The van der Waals surface area contributed by atoms with Gasteiger partial charge in [0.2, 0.25) is 0 Å². The first-order valence-corrected chi connectivity index (χ1v) is 15.3. The third-order valence-corrected chi connectivity index (χ3v) is 8.01. The molecule has 0 unspecified atom stereocenters. The molecule has 1 aromatic carbocycles. The van der Waals surface area contributed by atoms with Crippen molar-refractivity contribution < 1.29 is 0 Å². The van der Waals surface area contributed by atoms with E-state index in [9.17, 15) is 0 Å². The van der Waals surface area contributed by atoms with Gasteiger partial charge in [-0.2, -0.15) is 0 Å². The molecule has 0 aliphatic rings. The zero-order valence-corrected chi connectivity index (χ0v) is 29.6. The lowest BCUT2D eigenvalue weighted by Crippen LogP contribution is -2.31. The van der Waals surface area contributed by atoms with E-state index in [2.05, 4.69) is 161 Å². The van der Waals surface area contributed by atoms with E-state index in [0.717, 1.165) is 19.3 Å². The van der Waals surface area contributed by atoms with E-state index < -0.39 is 0 Å². The molecule has 0 saturated carbocycles. The smallest absolute Gasteiger partial charge is 0.00953 e. The van der Waals surface area contributed by atoms with E-state index in [1.54, 1.807) is 0 Å². The van der Waals surface area contributed by atoms with Crippen molar-refractivity contribution in [1.29, 1.82) is 0 Å². The summed E-state index contributed by atoms with van der Waals surface area (Å²) in [6, 6.07) is 7.66. The van der Waals surface area contributed by atoms with Crippen molar-refractivity contribution >= 4 is 0 Å². The van der Waals surface area contributed by atoms with Crippen LogP contribution in [0.2, 0.25) is 0 Å². The molecule has 222 valence electrons. The predicted octanol–water partition coefficient (Wildman–Crippen LogP) is 12.7. The second-order valence-corrected chi connectivity index (χ2v) is 17.6. The Morgan fingerprint density at radius 3 is 0.744 bits per heavy atom. The molecule has 0 amide bonds. The molecule has 0 aromatic heterocycles. The average molecular weight is 535 g/mol. The summed E-state index contributed by atoms with van der Waals surface area (Å²) in [6.45, 7) is 42.4. The lowest BCUT2D eigenvalue weighted by Gasteiger charge is -2.40. The number of rotatable bonds is 12. The lowest BCUT2D eigenvalue weighted by molar-refractivity contribution is 0.306. The van der Waals surface area contributed by atoms with Gasteiger partial charge in [0, 0.05) is 0 Å². The lowest BCUT2D eigenvalue weighted by atomic mass is 9.65. The van der Waals surface area contributed by atoms with Crippen molar-refractivity contribution in [3.63, 3.8) is 0 Å². The zero-order chi connectivity index (χ0) is 30.8. The van der Waals surface area contributed by atoms with Gasteiger partial charge in [-0.25, -0.2) is 0 Å². The first kappa shape index (κ1) is 35.5. The van der Waals surface area contributed by atoms with Crippen LogP contribution in [-0.2, 0) is 16.2 Å². The minimum Gasteiger partial charge on any atom is -0.0802 e. The molecule has 0 aliphatic carbocycles. The average Bonchev–Trinajstić information content (AvgIpc) is 2.61. The summed E-state index contributed by atoms with van der Waals surface area (Å²) >= 11 is 0. The van der Waals surface area contributed by atoms with Crippen molar-refractivity contribution in [1.82, 2.24) is 0 Å². The maximum absolute atomic E-state index is 2.55. The third kappa shape index (κ3) is 11.4. The molecule has 39 heavy (non-hydrogen) atoms. The number of allylic oxidation sites excluding steroid dienone is 6. The Labute approximate surface area is 245 Å². The summed E-state index contributed by atoms with van der Waals surface area (Å²) in [7, 11) is 0. The fourth-order valence-corrected chi connectivity index (χ4v) is 8.02. The Morgan fingerprint density at radius 2 is 0.590 bits per heavy atom. The van der Waals surface area contributed by atoms with Crippen LogP contribution in [-0.4, -0.2) is 0 Å². The first-order valence-electron chi connectivity index (χ1n) is 15.3. The zero-order valence-electron chi connectivity index (χ0n) is 29.6. The van der Waals surface area contributed by atoms with Gasteiger partial charge in [-0.3, -0.25) is 0 Å². The maximum atomic E-state index is 2.55. The summed E-state index contributed by atoms with van der Waals surface area (Å²) in [4.78, 5) is 0. The molecule has 1 rings (SSSR count). The molecule has 0 fully saturated rings. The molecule has 1 aromatic rings. The van der Waals surface area contributed by atoms with Crippen LogP contribution in [0, 0.1) is 16.2 Å². The summed E-state index contributed by atoms with van der Waals surface area (Å²) in [5.41, 5.74) is 9.21. The maximum Gasteiger partial charge on any atom is -0.00953 e. The van der Waals surface area contributed by atoms with Gasteiger partial charge in [-0.1, -0.05) is 136 Å². The van der Waals surface area contributed by atoms with Gasteiger partial charge in [0.05, 0.1) is 0 Å². The van der Waals surface area contributed by atoms with Crippen LogP contribution < -0.4 is 0 Å².